The van der Waals surface area contributed by atoms with Gasteiger partial charge in [0.1, 0.15) is 40.6 Å². The number of nitriles is 1. The van der Waals surface area contributed by atoms with E-state index in [0.29, 0.717) is 11.3 Å². The Morgan fingerprint density at radius 3 is 2.61 bits per heavy atom. The van der Waals surface area contributed by atoms with Gasteiger partial charge in [-0.05, 0) is 42.5 Å². The minimum absolute atomic E-state index is 0.0472. The van der Waals surface area contributed by atoms with Crippen molar-refractivity contribution in [1.82, 2.24) is 15.0 Å². The molecule has 0 radical (unpaired) electrons. The van der Waals surface area contributed by atoms with Gasteiger partial charge in [0.15, 0.2) is 0 Å². The van der Waals surface area contributed by atoms with Crippen LogP contribution in [-0.2, 0) is 0 Å². The molecule has 2 aromatic heterocycles. The molecule has 1 amide bonds. The van der Waals surface area contributed by atoms with Gasteiger partial charge in [0, 0.05) is 17.4 Å². The number of hydrogen-bond donors (Lipinski definition) is 2. The number of nitrogens with zero attached hydrogens (tertiary/aromatic N) is 3. The summed E-state index contributed by atoms with van der Waals surface area (Å²) >= 11 is 6.08. The first-order valence-corrected chi connectivity index (χ1v) is 9.32. The number of carbonyl (C=O) groups excluding carboxylic acids is 1. The molecule has 0 aliphatic carbocycles. The van der Waals surface area contributed by atoms with E-state index in [1.165, 1.54) is 48.7 Å². The van der Waals surface area contributed by atoms with Gasteiger partial charge in [0.25, 0.3) is 5.91 Å². The van der Waals surface area contributed by atoms with Crippen molar-refractivity contribution in [1.29, 1.82) is 5.26 Å². The van der Waals surface area contributed by atoms with E-state index in [2.05, 4.69) is 20.3 Å². The molecule has 152 valence electrons. The van der Waals surface area contributed by atoms with Gasteiger partial charge in [0.2, 0.25) is 0 Å². The quantitative estimate of drug-likeness (QED) is 0.461. The maximum absolute atomic E-state index is 14.2. The Labute approximate surface area is 180 Å². The van der Waals surface area contributed by atoms with Crippen molar-refractivity contribution in [3.8, 4) is 28.7 Å². The molecule has 0 unspecified atom stereocenters. The lowest BCUT2D eigenvalue weighted by Crippen LogP contribution is -2.13. The molecule has 0 saturated carbocycles. The Morgan fingerprint density at radius 1 is 1.13 bits per heavy atom. The van der Waals surface area contributed by atoms with Gasteiger partial charge in [-0.1, -0.05) is 23.7 Å². The molecule has 4 aromatic rings. The van der Waals surface area contributed by atoms with E-state index in [4.69, 9.17) is 11.6 Å². The lowest BCUT2D eigenvalue weighted by Gasteiger charge is -2.05. The van der Waals surface area contributed by atoms with Gasteiger partial charge >= 0.3 is 0 Å². The summed E-state index contributed by atoms with van der Waals surface area (Å²) in [7, 11) is 0. The third kappa shape index (κ3) is 4.13. The summed E-state index contributed by atoms with van der Waals surface area (Å²) in [6.45, 7) is 0. The van der Waals surface area contributed by atoms with Crippen LogP contribution in [0.2, 0.25) is 5.02 Å². The number of pyridine rings is 1. The molecule has 2 heterocycles. The highest BCUT2D eigenvalue weighted by atomic mass is 35.5. The van der Waals surface area contributed by atoms with Crippen molar-refractivity contribution in [3.05, 3.63) is 88.8 Å². The number of hydrogen-bond acceptors (Lipinski definition) is 4. The lowest BCUT2D eigenvalue weighted by molar-refractivity contribution is 0.102. The zero-order chi connectivity index (χ0) is 22.0. The van der Waals surface area contributed by atoms with Crippen LogP contribution in [0.4, 0.5) is 14.5 Å². The van der Waals surface area contributed by atoms with Crippen LogP contribution in [0.25, 0.3) is 22.6 Å². The van der Waals surface area contributed by atoms with Gasteiger partial charge in [-0.3, -0.25) is 9.78 Å². The summed E-state index contributed by atoms with van der Waals surface area (Å²) in [5.74, 6) is -1.49. The SMILES string of the molecule is N#Cc1[nH]c(-c2c(F)cccc2Cl)nc1-c1ccc(C(=O)Nc2cccc(F)c2)nc1. The van der Waals surface area contributed by atoms with Crippen LogP contribution < -0.4 is 5.32 Å². The number of imidazole rings is 1. The molecule has 2 aromatic carbocycles. The number of anilines is 1. The molecule has 0 spiro atoms. The second-order valence-electron chi connectivity index (χ2n) is 6.41. The summed E-state index contributed by atoms with van der Waals surface area (Å²) in [4.78, 5) is 23.5. The molecule has 31 heavy (non-hydrogen) atoms. The van der Waals surface area contributed by atoms with Gasteiger partial charge in [-0.25, -0.2) is 13.8 Å². The molecule has 2 N–H and O–H groups in total. The standard InChI is InChI=1S/C22H12ClF2N5O/c23-15-5-2-6-16(25)19(15)21-29-18(10-26)20(30-21)12-7-8-17(27-11-12)22(31)28-14-4-1-3-13(24)9-14/h1-9,11H,(H,28,31)(H,29,30). The fourth-order valence-electron chi connectivity index (χ4n) is 2.94. The summed E-state index contributed by atoms with van der Waals surface area (Å²) in [5.41, 5.74) is 1.19. The van der Waals surface area contributed by atoms with Crippen molar-refractivity contribution in [3.63, 3.8) is 0 Å². The molecule has 0 bridgehead atoms. The van der Waals surface area contributed by atoms with Crippen molar-refractivity contribution >= 4 is 23.2 Å². The highest BCUT2D eigenvalue weighted by molar-refractivity contribution is 6.33. The maximum atomic E-state index is 14.2. The van der Waals surface area contributed by atoms with Crippen molar-refractivity contribution < 1.29 is 13.6 Å². The summed E-state index contributed by atoms with van der Waals surface area (Å²) in [6.07, 6.45) is 1.37. The summed E-state index contributed by atoms with van der Waals surface area (Å²) < 4.78 is 27.5. The summed E-state index contributed by atoms with van der Waals surface area (Å²) in [5, 5.41) is 12.1. The van der Waals surface area contributed by atoms with Crippen LogP contribution in [0.15, 0.2) is 60.8 Å². The fraction of sp³-hybridized carbons (Fsp3) is 0. The second-order valence-corrected chi connectivity index (χ2v) is 6.82. The Kier molecular flexibility index (Phi) is 5.43. The fourth-order valence-corrected chi connectivity index (χ4v) is 3.19. The first-order chi connectivity index (χ1) is 15.0. The highest BCUT2D eigenvalue weighted by Crippen LogP contribution is 2.31. The Morgan fingerprint density at radius 2 is 1.94 bits per heavy atom. The number of carbonyl (C=O) groups is 1. The minimum Gasteiger partial charge on any atom is -0.329 e. The molecular weight excluding hydrogens is 424 g/mol. The van der Waals surface area contributed by atoms with E-state index in [0.717, 1.165) is 0 Å². The third-order valence-electron chi connectivity index (χ3n) is 4.37. The van der Waals surface area contributed by atoms with E-state index >= 15 is 0 Å². The predicted molar refractivity (Wildman–Crippen MR) is 111 cm³/mol. The first kappa shape index (κ1) is 20.2. The molecule has 6 nitrogen and oxygen atoms in total. The van der Waals surface area contributed by atoms with E-state index in [1.807, 2.05) is 6.07 Å². The van der Waals surface area contributed by atoms with Crippen LogP contribution >= 0.6 is 11.6 Å². The molecule has 9 heteroatoms. The average molecular weight is 436 g/mol. The number of H-pyrrole nitrogens is 1. The first-order valence-electron chi connectivity index (χ1n) is 8.94. The van der Waals surface area contributed by atoms with Crippen molar-refractivity contribution in [2.45, 2.75) is 0 Å². The number of amides is 1. The number of benzene rings is 2. The highest BCUT2D eigenvalue weighted by Gasteiger charge is 2.19. The lowest BCUT2D eigenvalue weighted by atomic mass is 10.1. The molecule has 0 aliphatic rings. The number of halogens is 3. The van der Waals surface area contributed by atoms with E-state index in [9.17, 15) is 18.8 Å². The average Bonchev–Trinajstić information content (AvgIpc) is 3.18. The Balaban J connectivity index is 1.63. The van der Waals surface area contributed by atoms with Crippen LogP contribution in [0.3, 0.4) is 0 Å². The van der Waals surface area contributed by atoms with Crippen LogP contribution in [-0.4, -0.2) is 20.9 Å². The number of rotatable bonds is 4. The van der Waals surface area contributed by atoms with E-state index in [1.54, 1.807) is 12.1 Å². The van der Waals surface area contributed by atoms with Gasteiger partial charge in [0.05, 0.1) is 10.6 Å². The maximum Gasteiger partial charge on any atom is 0.274 e. The smallest absolute Gasteiger partial charge is 0.274 e. The Bertz CT molecular complexity index is 1310. The molecular formula is C22H12ClF2N5O. The number of nitrogens with one attached hydrogen (secondary N) is 2. The largest absolute Gasteiger partial charge is 0.329 e. The minimum atomic E-state index is -0.584. The summed E-state index contributed by atoms with van der Waals surface area (Å²) in [6, 6.07) is 14.7. The van der Waals surface area contributed by atoms with Gasteiger partial charge in [-0.2, -0.15) is 5.26 Å². The van der Waals surface area contributed by atoms with Crippen molar-refractivity contribution in [2.75, 3.05) is 5.32 Å². The Hall–Kier alpha value is -4.09. The molecule has 4 rings (SSSR count). The number of aromatic amines is 1. The normalized spacial score (nSPS) is 10.5. The van der Waals surface area contributed by atoms with Crippen molar-refractivity contribution in [2.24, 2.45) is 0 Å². The van der Waals surface area contributed by atoms with Crippen LogP contribution in [0.1, 0.15) is 16.2 Å². The molecule has 0 atom stereocenters. The van der Waals surface area contributed by atoms with Crippen LogP contribution in [0.5, 0.6) is 0 Å². The van der Waals surface area contributed by atoms with Gasteiger partial charge in [-0.15, -0.1) is 0 Å². The number of aromatic nitrogens is 3. The third-order valence-corrected chi connectivity index (χ3v) is 4.68. The predicted octanol–water partition coefficient (Wildman–Crippen LogP) is 5.19. The van der Waals surface area contributed by atoms with E-state index < -0.39 is 17.5 Å². The topological polar surface area (TPSA) is 94.5 Å². The zero-order valence-corrected chi connectivity index (χ0v) is 16.4. The molecule has 0 saturated heterocycles. The zero-order valence-electron chi connectivity index (χ0n) is 15.7. The van der Waals surface area contributed by atoms with E-state index in [-0.39, 0.29) is 33.5 Å². The van der Waals surface area contributed by atoms with Crippen LogP contribution in [0, 0.1) is 23.0 Å². The second kappa shape index (κ2) is 8.34. The van der Waals surface area contributed by atoms with Gasteiger partial charge < -0.3 is 10.3 Å². The molecule has 0 fully saturated rings. The molecule has 0 aliphatic heterocycles. The monoisotopic (exact) mass is 435 g/mol.